The van der Waals surface area contributed by atoms with Crippen molar-refractivity contribution in [1.82, 2.24) is 4.72 Å². The third-order valence-corrected chi connectivity index (χ3v) is 5.47. The molecule has 25 heavy (non-hydrogen) atoms. The molecule has 1 saturated carbocycles. The zero-order valence-electron chi connectivity index (χ0n) is 12.8. The van der Waals surface area contributed by atoms with Gasteiger partial charge in [0.05, 0.1) is 16.0 Å². The van der Waals surface area contributed by atoms with Crippen molar-refractivity contribution in [3.05, 3.63) is 29.3 Å². The van der Waals surface area contributed by atoms with E-state index >= 15 is 0 Å². The summed E-state index contributed by atoms with van der Waals surface area (Å²) in [6, 6.07) is -1.03. The Morgan fingerprint density at radius 3 is 1.84 bits per heavy atom. The largest absolute Gasteiger partial charge is 0.416 e. The Morgan fingerprint density at radius 1 is 0.920 bits per heavy atom. The highest BCUT2D eigenvalue weighted by Gasteiger charge is 2.38. The van der Waals surface area contributed by atoms with E-state index in [9.17, 15) is 34.8 Å². The molecule has 1 aromatic carbocycles. The van der Waals surface area contributed by atoms with Crippen LogP contribution in [0, 0.1) is 0 Å². The maximum atomic E-state index is 12.8. The minimum absolute atomic E-state index is 0.120. The Balaban J connectivity index is 2.45. The van der Waals surface area contributed by atoms with Crippen LogP contribution in [-0.2, 0) is 22.4 Å². The second-order valence-corrected chi connectivity index (χ2v) is 7.63. The van der Waals surface area contributed by atoms with E-state index in [1.807, 2.05) is 0 Å². The molecular formula is C14H16F6N2O2S. The van der Waals surface area contributed by atoms with Crippen molar-refractivity contribution in [2.75, 3.05) is 0 Å². The average molecular weight is 390 g/mol. The van der Waals surface area contributed by atoms with Crippen LogP contribution in [0.4, 0.5) is 26.3 Å². The van der Waals surface area contributed by atoms with Crippen molar-refractivity contribution in [3.8, 4) is 0 Å². The van der Waals surface area contributed by atoms with E-state index in [-0.39, 0.29) is 18.2 Å². The molecule has 2 rings (SSSR count). The number of halogens is 6. The fourth-order valence-corrected chi connectivity index (χ4v) is 4.05. The zero-order valence-corrected chi connectivity index (χ0v) is 13.6. The number of rotatable bonds is 3. The lowest BCUT2D eigenvalue weighted by Crippen LogP contribution is -2.49. The van der Waals surface area contributed by atoms with E-state index in [0.717, 1.165) is 6.42 Å². The second kappa shape index (κ2) is 6.76. The van der Waals surface area contributed by atoms with Gasteiger partial charge < -0.3 is 5.73 Å². The molecule has 2 atom stereocenters. The predicted molar refractivity (Wildman–Crippen MR) is 77.0 cm³/mol. The standard InChI is InChI=1S/C14H16F6N2O2S/c15-13(16,17)8-5-9(14(18,19)20)7-10(6-8)25(23,24)22-12-4-2-1-3-11(12)21/h5-7,11-12,22H,1-4,21H2/t11-,12-/m1/s1. The topological polar surface area (TPSA) is 72.2 Å². The molecule has 0 heterocycles. The summed E-state index contributed by atoms with van der Waals surface area (Å²) in [5.41, 5.74) is 2.41. The Bertz CT molecular complexity index is 698. The van der Waals surface area contributed by atoms with Gasteiger partial charge in [-0.05, 0) is 31.0 Å². The summed E-state index contributed by atoms with van der Waals surface area (Å²) >= 11 is 0. The minimum Gasteiger partial charge on any atom is -0.326 e. The van der Waals surface area contributed by atoms with Gasteiger partial charge in [-0.2, -0.15) is 26.3 Å². The maximum absolute atomic E-state index is 12.8. The number of hydrogen-bond acceptors (Lipinski definition) is 3. The van der Waals surface area contributed by atoms with Crippen LogP contribution in [-0.4, -0.2) is 20.5 Å². The fourth-order valence-electron chi connectivity index (χ4n) is 2.65. The first-order chi connectivity index (χ1) is 11.3. The summed E-state index contributed by atoms with van der Waals surface area (Å²) in [4.78, 5) is -1.09. The lowest BCUT2D eigenvalue weighted by atomic mass is 9.92. The van der Waals surface area contributed by atoms with E-state index in [1.165, 1.54) is 0 Å². The first kappa shape index (κ1) is 20.0. The van der Waals surface area contributed by atoms with Crippen LogP contribution in [0.1, 0.15) is 36.8 Å². The summed E-state index contributed by atoms with van der Waals surface area (Å²) in [6.07, 6.45) is -7.91. The van der Waals surface area contributed by atoms with E-state index in [2.05, 4.69) is 4.72 Å². The Morgan fingerprint density at radius 2 is 1.40 bits per heavy atom. The number of hydrogen-bond donors (Lipinski definition) is 2. The minimum atomic E-state index is -5.12. The number of benzene rings is 1. The van der Waals surface area contributed by atoms with Gasteiger partial charge in [-0.25, -0.2) is 13.1 Å². The third kappa shape index (κ3) is 4.85. The molecule has 3 N–H and O–H groups in total. The van der Waals surface area contributed by atoms with Gasteiger partial charge in [0.25, 0.3) is 0 Å². The van der Waals surface area contributed by atoms with Crippen molar-refractivity contribution in [3.63, 3.8) is 0 Å². The summed E-state index contributed by atoms with van der Waals surface area (Å²) < 4.78 is 104. The quantitative estimate of drug-likeness (QED) is 0.779. The second-order valence-electron chi connectivity index (χ2n) is 5.92. The number of alkyl halides is 6. The molecule has 0 aromatic heterocycles. The molecule has 0 spiro atoms. The maximum Gasteiger partial charge on any atom is 0.416 e. The highest BCUT2D eigenvalue weighted by molar-refractivity contribution is 7.89. The first-order valence-corrected chi connectivity index (χ1v) is 8.86. The molecule has 142 valence electrons. The molecule has 0 aliphatic heterocycles. The highest BCUT2D eigenvalue weighted by Crippen LogP contribution is 2.37. The first-order valence-electron chi connectivity index (χ1n) is 7.38. The summed E-state index contributed by atoms with van der Waals surface area (Å²) in [5.74, 6) is 0. The molecule has 4 nitrogen and oxygen atoms in total. The monoisotopic (exact) mass is 390 g/mol. The highest BCUT2D eigenvalue weighted by atomic mass is 32.2. The van der Waals surface area contributed by atoms with Gasteiger partial charge in [0, 0.05) is 12.1 Å². The van der Waals surface area contributed by atoms with Crippen LogP contribution in [0.3, 0.4) is 0 Å². The molecule has 11 heteroatoms. The van der Waals surface area contributed by atoms with Crippen LogP contribution in [0.25, 0.3) is 0 Å². The summed E-state index contributed by atoms with van der Waals surface area (Å²) in [6.45, 7) is 0. The van der Waals surface area contributed by atoms with Crippen molar-refractivity contribution in [1.29, 1.82) is 0 Å². The molecule has 1 aliphatic rings. The zero-order chi connectivity index (χ0) is 19.0. The molecule has 1 aliphatic carbocycles. The normalized spacial score (nSPS) is 22.8. The Kier molecular flexibility index (Phi) is 5.41. The van der Waals surface area contributed by atoms with Gasteiger partial charge in [0.2, 0.25) is 10.0 Å². The third-order valence-electron chi connectivity index (χ3n) is 4.00. The number of sulfonamides is 1. The van der Waals surface area contributed by atoms with Crippen molar-refractivity contribution >= 4 is 10.0 Å². The molecule has 1 fully saturated rings. The summed E-state index contributed by atoms with van der Waals surface area (Å²) in [5, 5.41) is 0. The molecule has 0 bridgehead atoms. The van der Waals surface area contributed by atoms with Gasteiger partial charge >= 0.3 is 12.4 Å². The fraction of sp³-hybridized carbons (Fsp3) is 0.571. The van der Waals surface area contributed by atoms with Crippen molar-refractivity contribution < 1.29 is 34.8 Å². The lowest BCUT2D eigenvalue weighted by molar-refractivity contribution is -0.143. The molecule has 0 unspecified atom stereocenters. The summed E-state index contributed by atoms with van der Waals surface area (Å²) in [7, 11) is -4.59. The Labute approximate surface area is 140 Å². The van der Waals surface area contributed by atoms with Crippen LogP contribution < -0.4 is 10.5 Å². The SMILES string of the molecule is N[C@@H]1CCCC[C@H]1NS(=O)(=O)c1cc(C(F)(F)F)cc(C(F)(F)F)c1. The van der Waals surface area contributed by atoms with Gasteiger partial charge in [0.1, 0.15) is 0 Å². The van der Waals surface area contributed by atoms with Crippen LogP contribution >= 0.6 is 0 Å². The molecule has 1 aromatic rings. The molecule has 0 amide bonds. The average Bonchev–Trinajstić information content (AvgIpc) is 2.47. The lowest BCUT2D eigenvalue weighted by Gasteiger charge is -2.29. The van der Waals surface area contributed by atoms with Crippen LogP contribution in [0.2, 0.25) is 0 Å². The van der Waals surface area contributed by atoms with Crippen LogP contribution in [0.5, 0.6) is 0 Å². The van der Waals surface area contributed by atoms with Crippen LogP contribution in [0.15, 0.2) is 23.1 Å². The molecular weight excluding hydrogens is 374 g/mol. The molecule has 0 saturated heterocycles. The van der Waals surface area contributed by atoms with E-state index in [4.69, 9.17) is 5.73 Å². The van der Waals surface area contributed by atoms with E-state index < -0.39 is 50.5 Å². The van der Waals surface area contributed by atoms with Crippen molar-refractivity contribution in [2.24, 2.45) is 5.73 Å². The van der Waals surface area contributed by atoms with Gasteiger partial charge in [-0.1, -0.05) is 12.8 Å². The van der Waals surface area contributed by atoms with Gasteiger partial charge in [-0.3, -0.25) is 0 Å². The van der Waals surface area contributed by atoms with Crippen molar-refractivity contribution in [2.45, 2.75) is 55.0 Å². The number of nitrogens with one attached hydrogen (secondary N) is 1. The Hall–Kier alpha value is -1.33. The van der Waals surface area contributed by atoms with Gasteiger partial charge in [-0.15, -0.1) is 0 Å². The van der Waals surface area contributed by atoms with E-state index in [1.54, 1.807) is 0 Å². The van der Waals surface area contributed by atoms with E-state index in [0.29, 0.717) is 19.3 Å². The predicted octanol–water partition coefficient (Wildman–Crippen LogP) is 3.27. The smallest absolute Gasteiger partial charge is 0.326 e. The number of nitrogens with two attached hydrogens (primary N) is 1. The molecule has 0 radical (unpaired) electrons. The van der Waals surface area contributed by atoms with Gasteiger partial charge in [0.15, 0.2) is 0 Å².